The average molecular weight is 418 g/mol. The van der Waals surface area contributed by atoms with E-state index in [0.29, 0.717) is 31.4 Å². The molecule has 7 nitrogen and oxygen atoms in total. The van der Waals surface area contributed by atoms with Gasteiger partial charge in [-0.1, -0.05) is 49.9 Å². The fourth-order valence-corrected chi connectivity index (χ4v) is 4.16. The summed E-state index contributed by atoms with van der Waals surface area (Å²) in [6, 6.07) is 8.17. The van der Waals surface area contributed by atoms with Crippen molar-refractivity contribution in [2.75, 3.05) is 44.0 Å². The van der Waals surface area contributed by atoms with Gasteiger partial charge in [0, 0.05) is 33.2 Å². The molecule has 8 heteroatoms. The molecule has 0 radical (unpaired) electrons. The first-order valence-electron chi connectivity index (χ1n) is 10.1. The van der Waals surface area contributed by atoms with Crippen LogP contribution in [0.4, 0.5) is 5.95 Å². The summed E-state index contributed by atoms with van der Waals surface area (Å²) in [6.07, 6.45) is 0. The molecule has 2 aromatic rings. The summed E-state index contributed by atoms with van der Waals surface area (Å²) in [5.41, 5.74) is 2.37. The summed E-state index contributed by atoms with van der Waals surface area (Å²) < 4.78 is 7.61. The van der Waals surface area contributed by atoms with Crippen LogP contribution in [0.25, 0.3) is 0 Å². The van der Waals surface area contributed by atoms with E-state index in [2.05, 4.69) is 52.6 Å². The number of ether oxygens (including phenoxy) is 1. The van der Waals surface area contributed by atoms with Crippen LogP contribution in [0.15, 0.2) is 29.4 Å². The Labute approximate surface area is 177 Å². The molecular weight excluding hydrogens is 386 g/mol. The number of rotatable bonds is 8. The highest BCUT2D eigenvalue weighted by molar-refractivity contribution is 7.99. The van der Waals surface area contributed by atoms with Crippen LogP contribution in [-0.4, -0.2) is 64.7 Å². The molecule has 0 unspecified atom stereocenters. The van der Waals surface area contributed by atoms with Gasteiger partial charge >= 0.3 is 0 Å². The summed E-state index contributed by atoms with van der Waals surface area (Å²) in [5.74, 6) is 1.78. The third kappa shape index (κ3) is 5.73. The van der Waals surface area contributed by atoms with E-state index in [1.165, 1.54) is 22.9 Å². The maximum atomic E-state index is 12.7. The van der Waals surface area contributed by atoms with E-state index in [-0.39, 0.29) is 5.91 Å². The van der Waals surface area contributed by atoms with Gasteiger partial charge in [-0.25, -0.2) is 0 Å². The topological polar surface area (TPSA) is 63.5 Å². The molecule has 0 N–H and O–H groups in total. The molecule has 1 aromatic heterocycles. The first-order chi connectivity index (χ1) is 14.0. The second-order valence-electron chi connectivity index (χ2n) is 7.85. The van der Waals surface area contributed by atoms with E-state index in [1.54, 1.807) is 4.90 Å². The van der Waals surface area contributed by atoms with Gasteiger partial charge in [0.15, 0.2) is 5.16 Å². The highest BCUT2D eigenvalue weighted by atomic mass is 32.2. The molecule has 0 spiro atoms. The predicted molar refractivity (Wildman–Crippen MR) is 116 cm³/mol. The number of aryl methyl sites for hydroxylation is 1. The van der Waals surface area contributed by atoms with Crippen LogP contribution in [0.5, 0.6) is 0 Å². The molecule has 1 aliphatic rings. The van der Waals surface area contributed by atoms with E-state index in [1.807, 2.05) is 19.2 Å². The van der Waals surface area contributed by atoms with E-state index < -0.39 is 0 Å². The largest absolute Gasteiger partial charge is 0.378 e. The minimum atomic E-state index is 0.0882. The van der Waals surface area contributed by atoms with E-state index in [4.69, 9.17) is 4.74 Å². The molecule has 29 heavy (non-hydrogen) atoms. The quantitative estimate of drug-likeness (QED) is 0.616. The molecule has 1 aromatic carbocycles. The number of morpholine rings is 1. The summed E-state index contributed by atoms with van der Waals surface area (Å²) in [7, 11) is 1.85. The molecule has 3 rings (SSSR count). The molecule has 0 aliphatic carbocycles. The van der Waals surface area contributed by atoms with Gasteiger partial charge in [0.05, 0.1) is 19.0 Å². The number of carbonyl (C=O) groups excluding carboxylic acids is 1. The minimum Gasteiger partial charge on any atom is -0.378 e. The van der Waals surface area contributed by atoms with Crippen LogP contribution in [0.1, 0.15) is 25.0 Å². The average Bonchev–Trinajstić information content (AvgIpc) is 3.10. The van der Waals surface area contributed by atoms with Crippen molar-refractivity contribution in [3.8, 4) is 0 Å². The summed E-state index contributed by atoms with van der Waals surface area (Å²) >= 11 is 1.47. The van der Waals surface area contributed by atoms with Gasteiger partial charge in [0.25, 0.3) is 0 Å². The number of hydrogen-bond acceptors (Lipinski definition) is 6. The number of anilines is 1. The zero-order chi connectivity index (χ0) is 20.8. The van der Waals surface area contributed by atoms with Crippen molar-refractivity contribution < 1.29 is 9.53 Å². The van der Waals surface area contributed by atoms with Crippen molar-refractivity contribution in [3.05, 3.63) is 35.4 Å². The molecule has 0 saturated carbocycles. The second kappa shape index (κ2) is 10.1. The fourth-order valence-electron chi connectivity index (χ4n) is 3.28. The molecule has 2 heterocycles. The molecule has 1 fully saturated rings. The van der Waals surface area contributed by atoms with Crippen molar-refractivity contribution >= 4 is 23.6 Å². The number of thioether (sulfide) groups is 1. The molecule has 158 valence electrons. The van der Waals surface area contributed by atoms with E-state index >= 15 is 0 Å². The van der Waals surface area contributed by atoms with E-state index in [0.717, 1.165) is 30.7 Å². The Morgan fingerprint density at radius 1 is 1.24 bits per heavy atom. The van der Waals surface area contributed by atoms with Crippen molar-refractivity contribution in [3.63, 3.8) is 0 Å². The number of amides is 1. The molecule has 1 saturated heterocycles. The zero-order valence-electron chi connectivity index (χ0n) is 17.8. The standard InChI is InChI=1S/C21H31N5O2S/c1-16(2)13-26-20(25-9-11-28-12-10-25)22-23-21(26)29-15-19(27)24(4)14-18-8-6-5-7-17(18)3/h5-8,16H,9-15H2,1-4H3. The second-order valence-corrected chi connectivity index (χ2v) is 8.79. The number of nitrogens with zero attached hydrogens (tertiary/aromatic N) is 5. The first kappa shape index (κ1) is 21.6. The van der Waals surface area contributed by atoms with Gasteiger partial charge < -0.3 is 14.5 Å². The predicted octanol–water partition coefficient (Wildman–Crippen LogP) is 2.83. The maximum absolute atomic E-state index is 12.7. The van der Waals surface area contributed by atoms with Crippen molar-refractivity contribution in [1.82, 2.24) is 19.7 Å². The van der Waals surface area contributed by atoms with Gasteiger partial charge in [-0.2, -0.15) is 0 Å². The zero-order valence-corrected chi connectivity index (χ0v) is 18.6. The normalized spacial score (nSPS) is 14.4. The van der Waals surface area contributed by atoms with Gasteiger partial charge in [0.2, 0.25) is 11.9 Å². The minimum absolute atomic E-state index is 0.0882. The molecular formula is C21H31N5O2S. The van der Waals surface area contributed by atoms with Crippen LogP contribution in [0.2, 0.25) is 0 Å². The fraction of sp³-hybridized carbons (Fsp3) is 0.571. The lowest BCUT2D eigenvalue weighted by atomic mass is 10.1. The smallest absolute Gasteiger partial charge is 0.233 e. The SMILES string of the molecule is Cc1ccccc1CN(C)C(=O)CSc1nnc(N2CCOCC2)n1CC(C)C. The van der Waals surface area contributed by atoms with Gasteiger partial charge in [-0.05, 0) is 24.0 Å². The lowest BCUT2D eigenvalue weighted by Gasteiger charge is -2.28. The Bertz CT molecular complexity index is 817. The van der Waals surface area contributed by atoms with Crippen LogP contribution < -0.4 is 4.90 Å². The van der Waals surface area contributed by atoms with Gasteiger partial charge in [-0.15, -0.1) is 10.2 Å². The Morgan fingerprint density at radius 2 is 1.97 bits per heavy atom. The van der Waals surface area contributed by atoms with Crippen molar-refractivity contribution in [2.24, 2.45) is 5.92 Å². The number of aromatic nitrogens is 3. The van der Waals surface area contributed by atoms with Crippen LogP contribution >= 0.6 is 11.8 Å². The number of hydrogen-bond donors (Lipinski definition) is 0. The molecule has 0 atom stereocenters. The molecule has 1 amide bonds. The monoisotopic (exact) mass is 417 g/mol. The molecule has 0 bridgehead atoms. The number of benzene rings is 1. The maximum Gasteiger partial charge on any atom is 0.233 e. The van der Waals surface area contributed by atoms with Gasteiger partial charge in [0.1, 0.15) is 0 Å². The van der Waals surface area contributed by atoms with Crippen LogP contribution in [0.3, 0.4) is 0 Å². The lowest BCUT2D eigenvalue weighted by Crippen LogP contribution is -2.38. The third-order valence-electron chi connectivity index (χ3n) is 4.96. The summed E-state index contributed by atoms with van der Waals surface area (Å²) in [6.45, 7) is 10.9. The van der Waals surface area contributed by atoms with Crippen LogP contribution in [0, 0.1) is 12.8 Å². The van der Waals surface area contributed by atoms with Crippen LogP contribution in [-0.2, 0) is 22.6 Å². The van der Waals surface area contributed by atoms with Crippen molar-refractivity contribution in [1.29, 1.82) is 0 Å². The Hall–Kier alpha value is -2.06. The number of carbonyl (C=O) groups is 1. The van der Waals surface area contributed by atoms with E-state index in [9.17, 15) is 4.79 Å². The Balaban J connectivity index is 1.65. The Morgan fingerprint density at radius 3 is 2.66 bits per heavy atom. The molecule has 1 aliphatic heterocycles. The summed E-state index contributed by atoms with van der Waals surface area (Å²) in [4.78, 5) is 16.7. The lowest BCUT2D eigenvalue weighted by molar-refractivity contribution is -0.127. The third-order valence-corrected chi connectivity index (χ3v) is 5.91. The highest BCUT2D eigenvalue weighted by Gasteiger charge is 2.22. The van der Waals surface area contributed by atoms with Crippen molar-refractivity contribution in [2.45, 2.75) is 39.0 Å². The summed E-state index contributed by atoms with van der Waals surface area (Å²) in [5, 5.41) is 9.63. The van der Waals surface area contributed by atoms with Gasteiger partial charge in [-0.3, -0.25) is 9.36 Å². The highest BCUT2D eigenvalue weighted by Crippen LogP contribution is 2.24. The first-order valence-corrected chi connectivity index (χ1v) is 11.1. The Kier molecular flexibility index (Phi) is 7.55.